The van der Waals surface area contributed by atoms with Crippen LogP contribution in [0, 0.1) is 12.3 Å². The number of terminal acetylenes is 1. The van der Waals surface area contributed by atoms with Crippen LogP contribution in [0.3, 0.4) is 0 Å². The van der Waals surface area contributed by atoms with Gasteiger partial charge < -0.3 is 4.74 Å². The second kappa shape index (κ2) is 6.96. The molecule has 0 aliphatic heterocycles. The number of hydrogen-bond acceptors (Lipinski definition) is 2. The number of ether oxygens (including phenoxy) is 1. The number of hydrogen-bond donors (Lipinski definition) is 0. The molecule has 0 amide bonds. The standard InChI is InChI=1S/C18H14O2/c1-2-17(14-13-15-9-5-3-6-10-15)20-18(19)16-11-7-4-8-12-16/h1,3-14,17H/b14-13+/t17-/m1/s1. The minimum absolute atomic E-state index is 0.425. The minimum Gasteiger partial charge on any atom is -0.441 e. The van der Waals surface area contributed by atoms with Gasteiger partial charge in [-0.15, -0.1) is 6.42 Å². The highest BCUT2D eigenvalue weighted by Gasteiger charge is 2.10. The first-order valence-electron chi connectivity index (χ1n) is 6.25. The van der Waals surface area contributed by atoms with Crippen molar-refractivity contribution in [3.05, 3.63) is 77.9 Å². The lowest BCUT2D eigenvalue weighted by atomic mass is 10.2. The van der Waals surface area contributed by atoms with Crippen molar-refractivity contribution in [2.45, 2.75) is 6.10 Å². The Labute approximate surface area is 118 Å². The maximum atomic E-state index is 11.9. The predicted molar refractivity (Wildman–Crippen MR) is 80.0 cm³/mol. The predicted octanol–water partition coefficient (Wildman–Crippen LogP) is 3.56. The van der Waals surface area contributed by atoms with Crippen molar-refractivity contribution >= 4 is 12.0 Å². The highest BCUT2D eigenvalue weighted by Crippen LogP contribution is 2.07. The first kappa shape index (κ1) is 13.6. The zero-order chi connectivity index (χ0) is 14.2. The molecule has 0 saturated carbocycles. The third kappa shape index (κ3) is 3.86. The lowest BCUT2D eigenvalue weighted by Crippen LogP contribution is -2.14. The summed E-state index contributed by atoms with van der Waals surface area (Å²) in [5, 5.41) is 0. The summed E-state index contributed by atoms with van der Waals surface area (Å²) in [5.41, 5.74) is 1.49. The van der Waals surface area contributed by atoms with E-state index in [1.54, 1.807) is 30.3 Å². The number of rotatable bonds is 4. The van der Waals surface area contributed by atoms with Crippen LogP contribution in [0.5, 0.6) is 0 Å². The Balaban J connectivity index is 2.02. The zero-order valence-corrected chi connectivity index (χ0v) is 10.9. The van der Waals surface area contributed by atoms with E-state index in [9.17, 15) is 4.79 Å². The zero-order valence-electron chi connectivity index (χ0n) is 10.9. The lowest BCUT2D eigenvalue weighted by Gasteiger charge is -2.08. The molecule has 2 heteroatoms. The van der Waals surface area contributed by atoms with Crippen LogP contribution in [-0.4, -0.2) is 12.1 Å². The molecule has 0 fully saturated rings. The van der Waals surface area contributed by atoms with E-state index in [0.717, 1.165) is 5.56 Å². The van der Waals surface area contributed by atoms with Gasteiger partial charge in [0.2, 0.25) is 0 Å². The highest BCUT2D eigenvalue weighted by atomic mass is 16.5. The van der Waals surface area contributed by atoms with Gasteiger partial charge in [0.1, 0.15) is 0 Å². The van der Waals surface area contributed by atoms with Crippen molar-refractivity contribution in [1.82, 2.24) is 0 Å². The molecule has 2 rings (SSSR count). The number of carbonyl (C=O) groups is 1. The summed E-state index contributed by atoms with van der Waals surface area (Å²) >= 11 is 0. The smallest absolute Gasteiger partial charge is 0.339 e. The van der Waals surface area contributed by atoms with E-state index in [1.807, 2.05) is 42.5 Å². The summed E-state index contributed by atoms with van der Waals surface area (Å²) < 4.78 is 5.25. The van der Waals surface area contributed by atoms with Crippen molar-refractivity contribution in [2.75, 3.05) is 0 Å². The van der Waals surface area contributed by atoms with Gasteiger partial charge in [-0.05, 0) is 23.8 Å². The summed E-state index contributed by atoms with van der Waals surface area (Å²) in [4.78, 5) is 11.9. The van der Waals surface area contributed by atoms with Crippen molar-refractivity contribution in [3.8, 4) is 12.3 Å². The second-order valence-corrected chi connectivity index (χ2v) is 4.13. The van der Waals surface area contributed by atoms with Crippen molar-refractivity contribution in [1.29, 1.82) is 0 Å². The molecule has 0 heterocycles. The normalized spacial score (nSPS) is 11.8. The summed E-state index contributed by atoms with van der Waals surface area (Å²) in [7, 11) is 0. The summed E-state index contributed by atoms with van der Waals surface area (Å²) in [5.74, 6) is 2.02. The molecule has 0 aromatic heterocycles. The van der Waals surface area contributed by atoms with E-state index < -0.39 is 12.1 Å². The molecule has 0 aliphatic rings. The Hall–Kier alpha value is -2.79. The Morgan fingerprint density at radius 2 is 1.65 bits per heavy atom. The molecular formula is C18H14O2. The fourth-order valence-electron chi connectivity index (χ4n) is 1.65. The first-order valence-corrected chi connectivity index (χ1v) is 6.25. The average Bonchev–Trinajstić information content (AvgIpc) is 2.53. The number of carbonyl (C=O) groups excluding carboxylic acids is 1. The second-order valence-electron chi connectivity index (χ2n) is 4.13. The van der Waals surface area contributed by atoms with Crippen LogP contribution in [0.25, 0.3) is 6.08 Å². The van der Waals surface area contributed by atoms with Gasteiger partial charge in [0.05, 0.1) is 5.56 Å². The van der Waals surface area contributed by atoms with Gasteiger partial charge in [-0.1, -0.05) is 60.5 Å². The van der Waals surface area contributed by atoms with Gasteiger partial charge >= 0.3 is 5.97 Å². The van der Waals surface area contributed by atoms with E-state index in [1.165, 1.54) is 0 Å². The fourth-order valence-corrected chi connectivity index (χ4v) is 1.65. The molecule has 0 radical (unpaired) electrons. The molecular weight excluding hydrogens is 248 g/mol. The Morgan fingerprint density at radius 3 is 2.25 bits per heavy atom. The first-order chi connectivity index (χ1) is 9.79. The van der Waals surface area contributed by atoms with Gasteiger partial charge in [0.15, 0.2) is 6.10 Å². The molecule has 0 spiro atoms. The minimum atomic E-state index is -0.678. The maximum Gasteiger partial charge on any atom is 0.339 e. The van der Waals surface area contributed by atoms with E-state index in [0.29, 0.717) is 5.56 Å². The van der Waals surface area contributed by atoms with Crippen LogP contribution in [0.4, 0.5) is 0 Å². The van der Waals surface area contributed by atoms with Gasteiger partial charge in [0, 0.05) is 0 Å². The fraction of sp³-hybridized carbons (Fsp3) is 0.0556. The maximum absolute atomic E-state index is 11.9. The van der Waals surface area contributed by atoms with Crippen molar-refractivity contribution < 1.29 is 9.53 Å². The van der Waals surface area contributed by atoms with E-state index >= 15 is 0 Å². The van der Waals surface area contributed by atoms with Crippen molar-refractivity contribution in [3.63, 3.8) is 0 Å². The van der Waals surface area contributed by atoms with Gasteiger partial charge in [-0.3, -0.25) is 0 Å². The highest BCUT2D eigenvalue weighted by molar-refractivity contribution is 5.89. The van der Waals surface area contributed by atoms with E-state index in [-0.39, 0.29) is 0 Å². The average molecular weight is 262 g/mol. The molecule has 0 N–H and O–H groups in total. The molecule has 0 aliphatic carbocycles. The van der Waals surface area contributed by atoms with Crippen LogP contribution < -0.4 is 0 Å². The Morgan fingerprint density at radius 1 is 1.05 bits per heavy atom. The molecule has 0 bridgehead atoms. The summed E-state index contributed by atoms with van der Waals surface area (Å²) in [6.45, 7) is 0. The molecule has 20 heavy (non-hydrogen) atoms. The molecule has 2 nitrogen and oxygen atoms in total. The quantitative estimate of drug-likeness (QED) is 0.622. The van der Waals surface area contributed by atoms with Crippen LogP contribution in [0.2, 0.25) is 0 Å². The monoisotopic (exact) mass is 262 g/mol. The van der Waals surface area contributed by atoms with E-state index in [4.69, 9.17) is 11.2 Å². The molecule has 2 aromatic rings. The van der Waals surface area contributed by atoms with Gasteiger partial charge in [-0.25, -0.2) is 4.79 Å². The van der Waals surface area contributed by atoms with E-state index in [2.05, 4.69) is 5.92 Å². The number of benzene rings is 2. The Bertz CT molecular complexity index is 621. The topological polar surface area (TPSA) is 26.3 Å². The van der Waals surface area contributed by atoms with Gasteiger partial charge in [0.25, 0.3) is 0 Å². The van der Waals surface area contributed by atoms with Crippen LogP contribution in [-0.2, 0) is 4.74 Å². The molecule has 2 aromatic carbocycles. The number of esters is 1. The largest absolute Gasteiger partial charge is 0.441 e. The molecule has 0 saturated heterocycles. The molecule has 98 valence electrons. The SMILES string of the molecule is C#C[C@H](/C=C/c1ccccc1)OC(=O)c1ccccc1. The summed E-state index contributed by atoms with van der Waals surface area (Å²) in [6.07, 6.45) is 8.23. The molecule has 0 unspecified atom stereocenters. The van der Waals surface area contributed by atoms with Crippen molar-refractivity contribution in [2.24, 2.45) is 0 Å². The van der Waals surface area contributed by atoms with Crippen LogP contribution in [0.1, 0.15) is 15.9 Å². The van der Waals surface area contributed by atoms with Crippen LogP contribution >= 0.6 is 0 Å². The third-order valence-electron chi connectivity index (χ3n) is 2.67. The van der Waals surface area contributed by atoms with Crippen LogP contribution in [0.15, 0.2) is 66.7 Å². The molecule has 1 atom stereocenters. The Kier molecular flexibility index (Phi) is 4.75. The lowest BCUT2D eigenvalue weighted by molar-refractivity contribution is 0.0476. The third-order valence-corrected chi connectivity index (χ3v) is 2.67. The van der Waals surface area contributed by atoms with Gasteiger partial charge in [-0.2, -0.15) is 0 Å². The summed E-state index contributed by atoms with van der Waals surface area (Å²) in [6, 6.07) is 18.5.